The van der Waals surface area contributed by atoms with Gasteiger partial charge in [-0.1, -0.05) is 13.8 Å². The Kier molecular flexibility index (Phi) is 4.04. The maximum atomic E-state index is 4.50. The molecule has 0 aliphatic rings. The standard InChI is InChI=1S/C14H19N5/c1-9(2)14-18-10(3)5-13(19-14)17-8-12-7-15-11(4)6-16-12/h5-7,9H,8H2,1-4H3,(H,17,18,19). The lowest BCUT2D eigenvalue weighted by Crippen LogP contribution is -2.07. The van der Waals surface area contributed by atoms with Crippen molar-refractivity contribution in [2.24, 2.45) is 0 Å². The van der Waals surface area contributed by atoms with Crippen LogP contribution in [-0.2, 0) is 6.54 Å². The van der Waals surface area contributed by atoms with Gasteiger partial charge in [-0.2, -0.15) is 0 Å². The van der Waals surface area contributed by atoms with Crippen LogP contribution in [0.1, 0.15) is 42.7 Å². The Morgan fingerprint density at radius 3 is 2.47 bits per heavy atom. The molecule has 2 aromatic rings. The van der Waals surface area contributed by atoms with Gasteiger partial charge < -0.3 is 5.32 Å². The van der Waals surface area contributed by atoms with Gasteiger partial charge in [-0.3, -0.25) is 9.97 Å². The predicted octanol–water partition coefficient (Wildman–Crippen LogP) is 2.62. The zero-order chi connectivity index (χ0) is 13.8. The van der Waals surface area contributed by atoms with Crippen molar-refractivity contribution in [1.29, 1.82) is 0 Å². The van der Waals surface area contributed by atoms with Gasteiger partial charge in [-0.05, 0) is 13.8 Å². The smallest absolute Gasteiger partial charge is 0.133 e. The van der Waals surface area contributed by atoms with E-state index in [1.165, 1.54) is 0 Å². The van der Waals surface area contributed by atoms with Crippen LogP contribution < -0.4 is 5.32 Å². The molecule has 0 bridgehead atoms. The van der Waals surface area contributed by atoms with Gasteiger partial charge in [0, 0.05) is 23.9 Å². The van der Waals surface area contributed by atoms with E-state index in [1.807, 2.05) is 19.9 Å². The summed E-state index contributed by atoms with van der Waals surface area (Å²) in [7, 11) is 0. The summed E-state index contributed by atoms with van der Waals surface area (Å²) in [6.45, 7) is 8.69. The number of rotatable bonds is 4. The Morgan fingerprint density at radius 1 is 1.05 bits per heavy atom. The third-order valence-corrected chi connectivity index (χ3v) is 2.67. The first-order chi connectivity index (χ1) is 9.04. The topological polar surface area (TPSA) is 63.6 Å². The highest BCUT2D eigenvalue weighted by atomic mass is 15.0. The lowest BCUT2D eigenvalue weighted by Gasteiger charge is -2.10. The van der Waals surface area contributed by atoms with Gasteiger partial charge in [0.1, 0.15) is 11.6 Å². The van der Waals surface area contributed by atoms with Crippen LogP contribution in [0.25, 0.3) is 0 Å². The molecule has 2 heterocycles. The highest BCUT2D eigenvalue weighted by Crippen LogP contribution is 2.14. The summed E-state index contributed by atoms with van der Waals surface area (Å²) in [5, 5.41) is 3.26. The van der Waals surface area contributed by atoms with E-state index in [0.29, 0.717) is 12.5 Å². The normalized spacial score (nSPS) is 10.8. The molecule has 0 aliphatic heterocycles. The molecule has 0 radical (unpaired) electrons. The minimum Gasteiger partial charge on any atom is -0.364 e. The predicted molar refractivity (Wildman–Crippen MR) is 75.0 cm³/mol. The zero-order valence-electron chi connectivity index (χ0n) is 11.8. The number of aryl methyl sites for hydroxylation is 2. The van der Waals surface area contributed by atoms with Gasteiger partial charge in [-0.25, -0.2) is 9.97 Å². The summed E-state index contributed by atoms with van der Waals surface area (Å²) in [6, 6.07) is 1.94. The Bertz CT molecular complexity index is 548. The molecule has 0 aliphatic carbocycles. The average Bonchev–Trinajstić information content (AvgIpc) is 2.37. The van der Waals surface area contributed by atoms with E-state index in [-0.39, 0.29) is 0 Å². The van der Waals surface area contributed by atoms with E-state index in [0.717, 1.165) is 28.7 Å². The van der Waals surface area contributed by atoms with E-state index in [2.05, 4.69) is 39.1 Å². The fourth-order valence-electron chi connectivity index (χ4n) is 1.63. The molecule has 5 heteroatoms. The Balaban J connectivity index is 2.08. The van der Waals surface area contributed by atoms with Crippen molar-refractivity contribution in [3.05, 3.63) is 41.4 Å². The summed E-state index contributed by atoms with van der Waals surface area (Å²) >= 11 is 0. The molecule has 0 unspecified atom stereocenters. The second-order valence-electron chi connectivity index (χ2n) is 4.91. The van der Waals surface area contributed by atoms with Gasteiger partial charge in [-0.15, -0.1) is 0 Å². The van der Waals surface area contributed by atoms with Crippen molar-refractivity contribution in [2.45, 2.75) is 40.2 Å². The molecule has 100 valence electrons. The zero-order valence-corrected chi connectivity index (χ0v) is 11.8. The Labute approximate surface area is 113 Å². The highest BCUT2D eigenvalue weighted by Gasteiger charge is 2.06. The SMILES string of the molecule is Cc1cnc(CNc2cc(C)nc(C(C)C)n2)cn1. The molecule has 0 saturated heterocycles. The molecule has 0 fully saturated rings. The van der Waals surface area contributed by atoms with Crippen LogP contribution in [0, 0.1) is 13.8 Å². The monoisotopic (exact) mass is 257 g/mol. The first-order valence-corrected chi connectivity index (χ1v) is 6.41. The first-order valence-electron chi connectivity index (χ1n) is 6.41. The van der Waals surface area contributed by atoms with Gasteiger partial charge >= 0.3 is 0 Å². The molecule has 0 atom stereocenters. The summed E-state index contributed by atoms with van der Waals surface area (Å²) in [5.41, 5.74) is 2.79. The fraction of sp³-hybridized carbons (Fsp3) is 0.429. The Morgan fingerprint density at radius 2 is 1.84 bits per heavy atom. The van der Waals surface area contributed by atoms with E-state index in [1.54, 1.807) is 12.4 Å². The molecular weight excluding hydrogens is 238 g/mol. The van der Waals surface area contributed by atoms with E-state index < -0.39 is 0 Å². The number of anilines is 1. The fourth-order valence-corrected chi connectivity index (χ4v) is 1.63. The summed E-state index contributed by atoms with van der Waals surface area (Å²) in [6.07, 6.45) is 3.54. The maximum Gasteiger partial charge on any atom is 0.133 e. The van der Waals surface area contributed by atoms with Crippen molar-refractivity contribution >= 4 is 5.82 Å². The van der Waals surface area contributed by atoms with Gasteiger partial charge in [0.2, 0.25) is 0 Å². The minimum atomic E-state index is 0.319. The van der Waals surface area contributed by atoms with Gasteiger partial charge in [0.25, 0.3) is 0 Å². The molecule has 2 aromatic heterocycles. The highest BCUT2D eigenvalue weighted by molar-refractivity contribution is 5.36. The molecule has 2 rings (SSSR count). The summed E-state index contributed by atoms with van der Waals surface area (Å²) in [5.74, 6) is 2.01. The third kappa shape index (κ3) is 3.71. The van der Waals surface area contributed by atoms with Crippen LogP contribution in [0.15, 0.2) is 18.5 Å². The maximum absolute atomic E-state index is 4.50. The van der Waals surface area contributed by atoms with Crippen LogP contribution in [0.4, 0.5) is 5.82 Å². The average molecular weight is 257 g/mol. The molecular formula is C14H19N5. The molecule has 19 heavy (non-hydrogen) atoms. The van der Waals surface area contributed by atoms with E-state index >= 15 is 0 Å². The van der Waals surface area contributed by atoms with Crippen molar-refractivity contribution in [3.8, 4) is 0 Å². The molecule has 0 amide bonds. The quantitative estimate of drug-likeness (QED) is 0.912. The van der Waals surface area contributed by atoms with Crippen molar-refractivity contribution in [2.75, 3.05) is 5.32 Å². The van der Waals surface area contributed by atoms with Gasteiger partial charge in [0.15, 0.2) is 0 Å². The van der Waals surface area contributed by atoms with E-state index in [9.17, 15) is 0 Å². The van der Waals surface area contributed by atoms with Crippen LogP contribution >= 0.6 is 0 Å². The van der Waals surface area contributed by atoms with Crippen LogP contribution in [-0.4, -0.2) is 19.9 Å². The summed E-state index contributed by atoms with van der Waals surface area (Å²) in [4.78, 5) is 17.4. The van der Waals surface area contributed by atoms with Gasteiger partial charge in [0.05, 0.1) is 24.1 Å². The summed E-state index contributed by atoms with van der Waals surface area (Å²) < 4.78 is 0. The second kappa shape index (κ2) is 5.73. The first kappa shape index (κ1) is 13.4. The van der Waals surface area contributed by atoms with Crippen molar-refractivity contribution in [3.63, 3.8) is 0 Å². The van der Waals surface area contributed by atoms with Crippen LogP contribution in [0.5, 0.6) is 0 Å². The van der Waals surface area contributed by atoms with Crippen molar-refractivity contribution < 1.29 is 0 Å². The molecule has 1 N–H and O–H groups in total. The van der Waals surface area contributed by atoms with Crippen LogP contribution in [0.3, 0.4) is 0 Å². The number of nitrogens with zero attached hydrogens (tertiary/aromatic N) is 4. The number of aromatic nitrogens is 4. The van der Waals surface area contributed by atoms with Crippen molar-refractivity contribution in [1.82, 2.24) is 19.9 Å². The second-order valence-corrected chi connectivity index (χ2v) is 4.91. The number of nitrogens with one attached hydrogen (secondary N) is 1. The molecule has 0 spiro atoms. The number of hydrogen-bond acceptors (Lipinski definition) is 5. The van der Waals surface area contributed by atoms with Crippen LogP contribution in [0.2, 0.25) is 0 Å². The lowest BCUT2D eigenvalue weighted by atomic mass is 10.2. The molecule has 0 saturated carbocycles. The van der Waals surface area contributed by atoms with E-state index in [4.69, 9.17) is 0 Å². The minimum absolute atomic E-state index is 0.319. The molecule has 0 aromatic carbocycles. The third-order valence-electron chi connectivity index (χ3n) is 2.67. The molecule has 5 nitrogen and oxygen atoms in total. The Hall–Kier alpha value is -2.04. The largest absolute Gasteiger partial charge is 0.364 e. The lowest BCUT2D eigenvalue weighted by molar-refractivity contribution is 0.766. The number of hydrogen-bond donors (Lipinski definition) is 1.